The number of benzene rings is 1. The molecule has 0 radical (unpaired) electrons. The topological polar surface area (TPSA) is 6.48 Å². The number of likely N-dealkylation sites (tertiary alicyclic amines) is 1. The molecule has 0 saturated carbocycles. The van der Waals surface area contributed by atoms with Crippen molar-refractivity contribution in [2.45, 2.75) is 51.6 Å². The molecular formula is C18H30N2. The van der Waals surface area contributed by atoms with Crippen molar-refractivity contribution in [1.82, 2.24) is 9.80 Å². The van der Waals surface area contributed by atoms with E-state index in [9.17, 15) is 0 Å². The maximum atomic E-state index is 2.68. The minimum absolute atomic E-state index is 0.260. The first-order valence-electron chi connectivity index (χ1n) is 7.89. The van der Waals surface area contributed by atoms with Gasteiger partial charge in [-0.25, -0.2) is 0 Å². The average molecular weight is 274 g/mol. The van der Waals surface area contributed by atoms with Crippen LogP contribution in [0.5, 0.6) is 0 Å². The van der Waals surface area contributed by atoms with E-state index in [0.717, 1.165) is 13.0 Å². The molecule has 1 heterocycles. The Bertz CT molecular complexity index is 431. The summed E-state index contributed by atoms with van der Waals surface area (Å²) < 4.78 is 0. The third kappa shape index (κ3) is 3.62. The quantitative estimate of drug-likeness (QED) is 0.825. The molecule has 0 spiro atoms. The summed E-state index contributed by atoms with van der Waals surface area (Å²) in [6.07, 6.45) is 3.78. The minimum atomic E-state index is 0.260. The molecule has 1 saturated heterocycles. The summed E-state index contributed by atoms with van der Waals surface area (Å²) in [4.78, 5) is 4.95. The highest BCUT2D eigenvalue weighted by Gasteiger charge is 2.34. The SMILES string of the molecule is CN(C)CCc1ccccc1[C@H]1CCCN1C(C)(C)C. The number of rotatable bonds is 4. The molecule has 0 amide bonds. The van der Waals surface area contributed by atoms with E-state index >= 15 is 0 Å². The fourth-order valence-corrected chi connectivity index (χ4v) is 3.32. The lowest BCUT2D eigenvalue weighted by molar-refractivity contribution is 0.121. The van der Waals surface area contributed by atoms with Crippen molar-refractivity contribution in [2.24, 2.45) is 0 Å². The Labute approximate surface area is 124 Å². The van der Waals surface area contributed by atoms with Crippen LogP contribution in [0, 0.1) is 0 Å². The maximum Gasteiger partial charge on any atom is 0.0356 e. The predicted octanol–water partition coefficient (Wildman–Crippen LogP) is 3.73. The van der Waals surface area contributed by atoms with Gasteiger partial charge < -0.3 is 4.90 Å². The van der Waals surface area contributed by atoms with Gasteiger partial charge in [-0.1, -0.05) is 24.3 Å². The van der Waals surface area contributed by atoms with Crippen LogP contribution < -0.4 is 0 Å². The summed E-state index contributed by atoms with van der Waals surface area (Å²) in [5.74, 6) is 0. The van der Waals surface area contributed by atoms with E-state index < -0.39 is 0 Å². The van der Waals surface area contributed by atoms with Crippen molar-refractivity contribution >= 4 is 0 Å². The van der Waals surface area contributed by atoms with Crippen LogP contribution in [0.1, 0.15) is 50.8 Å². The van der Waals surface area contributed by atoms with Gasteiger partial charge in [0.15, 0.2) is 0 Å². The fourth-order valence-electron chi connectivity index (χ4n) is 3.32. The molecular weight excluding hydrogens is 244 g/mol. The van der Waals surface area contributed by atoms with Crippen LogP contribution in [-0.2, 0) is 6.42 Å². The molecule has 0 bridgehead atoms. The third-order valence-electron chi connectivity index (χ3n) is 4.36. The smallest absolute Gasteiger partial charge is 0.0356 e. The lowest BCUT2D eigenvalue weighted by Crippen LogP contribution is -2.40. The number of likely N-dealkylation sites (N-methyl/N-ethyl adjacent to an activating group) is 1. The van der Waals surface area contributed by atoms with Crippen LogP contribution in [-0.4, -0.2) is 42.5 Å². The highest BCUT2D eigenvalue weighted by atomic mass is 15.2. The molecule has 1 atom stereocenters. The number of hydrogen-bond donors (Lipinski definition) is 0. The molecule has 0 unspecified atom stereocenters. The van der Waals surface area contributed by atoms with Crippen molar-refractivity contribution in [1.29, 1.82) is 0 Å². The van der Waals surface area contributed by atoms with Crippen LogP contribution in [0.3, 0.4) is 0 Å². The molecule has 0 N–H and O–H groups in total. The van der Waals surface area contributed by atoms with Crippen LogP contribution in [0.15, 0.2) is 24.3 Å². The van der Waals surface area contributed by atoms with E-state index in [1.54, 1.807) is 5.56 Å². The Hall–Kier alpha value is -0.860. The highest BCUT2D eigenvalue weighted by molar-refractivity contribution is 5.31. The van der Waals surface area contributed by atoms with E-state index in [1.165, 1.54) is 24.9 Å². The predicted molar refractivity (Wildman–Crippen MR) is 87.1 cm³/mol. The van der Waals surface area contributed by atoms with Gasteiger partial charge in [0, 0.05) is 18.1 Å². The molecule has 20 heavy (non-hydrogen) atoms. The van der Waals surface area contributed by atoms with Gasteiger partial charge in [-0.2, -0.15) is 0 Å². The first kappa shape index (κ1) is 15.5. The summed E-state index contributed by atoms with van der Waals surface area (Å²) in [6, 6.07) is 9.66. The second-order valence-electron chi connectivity index (χ2n) is 7.27. The lowest BCUT2D eigenvalue weighted by atomic mass is 9.94. The van der Waals surface area contributed by atoms with E-state index in [2.05, 4.69) is 68.9 Å². The maximum absolute atomic E-state index is 2.68. The molecule has 0 aliphatic carbocycles. The van der Waals surface area contributed by atoms with Crippen LogP contribution in [0.2, 0.25) is 0 Å². The molecule has 2 rings (SSSR count). The monoisotopic (exact) mass is 274 g/mol. The second kappa shape index (κ2) is 6.28. The summed E-state index contributed by atoms with van der Waals surface area (Å²) in [7, 11) is 4.30. The first-order chi connectivity index (χ1) is 9.39. The Morgan fingerprint density at radius 3 is 2.55 bits per heavy atom. The molecule has 112 valence electrons. The zero-order valence-electron chi connectivity index (χ0n) is 13.8. The largest absolute Gasteiger partial charge is 0.309 e. The van der Waals surface area contributed by atoms with E-state index in [0.29, 0.717) is 6.04 Å². The van der Waals surface area contributed by atoms with Gasteiger partial charge in [0.1, 0.15) is 0 Å². The average Bonchev–Trinajstić information content (AvgIpc) is 2.85. The van der Waals surface area contributed by atoms with E-state index in [1.807, 2.05) is 0 Å². The Morgan fingerprint density at radius 1 is 1.20 bits per heavy atom. The van der Waals surface area contributed by atoms with Gasteiger partial charge >= 0.3 is 0 Å². The van der Waals surface area contributed by atoms with Crippen molar-refractivity contribution in [3.8, 4) is 0 Å². The molecule has 1 aliphatic heterocycles. The summed E-state index contributed by atoms with van der Waals surface area (Å²) in [5.41, 5.74) is 3.35. The normalized spacial score (nSPS) is 20.8. The van der Waals surface area contributed by atoms with Gasteiger partial charge in [0.25, 0.3) is 0 Å². The standard InChI is InChI=1S/C18H30N2/c1-18(2,3)20-13-8-11-17(20)16-10-7-6-9-15(16)12-14-19(4)5/h6-7,9-10,17H,8,11-14H2,1-5H3/t17-/m1/s1. The summed E-state index contributed by atoms with van der Waals surface area (Å²) >= 11 is 0. The molecule has 1 aromatic carbocycles. The summed E-state index contributed by atoms with van der Waals surface area (Å²) in [5, 5.41) is 0. The van der Waals surface area contributed by atoms with Gasteiger partial charge in [-0.3, -0.25) is 4.90 Å². The number of nitrogens with zero attached hydrogens (tertiary/aromatic N) is 2. The van der Waals surface area contributed by atoms with Crippen LogP contribution >= 0.6 is 0 Å². The van der Waals surface area contributed by atoms with Crippen molar-refractivity contribution in [3.05, 3.63) is 35.4 Å². The van der Waals surface area contributed by atoms with Crippen molar-refractivity contribution < 1.29 is 0 Å². The Kier molecular flexibility index (Phi) is 4.87. The zero-order chi connectivity index (χ0) is 14.8. The minimum Gasteiger partial charge on any atom is -0.309 e. The van der Waals surface area contributed by atoms with Crippen molar-refractivity contribution in [3.63, 3.8) is 0 Å². The van der Waals surface area contributed by atoms with E-state index in [4.69, 9.17) is 0 Å². The third-order valence-corrected chi connectivity index (χ3v) is 4.36. The first-order valence-corrected chi connectivity index (χ1v) is 7.89. The van der Waals surface area contributed by atoms with E-state index in [-0.39, 0.29) is 5.54 Å². The molecule has 1 fully saturated rings. The Morgan fingerprint density at radius 2 is 1.90 bits per heavy atom. The highest BCUT2D eigenvalue weighted by Crippen LogP contribution is 2.38. The molecule has 0 aromatic heterocycles. The van der Waals surface area contributed by atoms with Gasteiger partial charge in [0.2, 0.25) is 0 Å². The lowest BCUT2D eigenvalue weighted by Gasteiger charge is -2.38. The number of hydrogen-bond acceptors (Lipinski definition) is 2. The Balaban J connectivity index is 2.23. The molecule has 1 aliphatic rings. The van der Waals surface area contributed by atoms with Crippen molar-refractivity contribution in [2.75, 3.05) is 27.2 Å². The fraction of sp³-hybridized carbons (Fsp3) is 0.667. The molecule has 1 aromatic rings. The van der Waals surface area contributed by atoms with Gasteiger partial charge in [-0.05, 0) is 71.8 Å². The second-order valence-corrected chi connectivity index (χ2v) is 7.27. The summed E-state index contributed by atoms with van der Waals surface area (Å²) in [6.45, 7) is 9.38. The van der Waals surface area contributed by atoms with Gasteiger partial charge in [0.05, 0.1) is 0 Å². The van der Waals surface area contributed by atoms with Crippen LogP contribution in [0.25, 0.3) is 0 Å². The molecule has 2 heteroatoms. The zero-order valence-corrected chi connectivity index (χ0v) is 13.8. The van der Waals surface area contributed by atoms with Gasteiger partial charge in [-0.15, -0.1) is 0 Å². The van der Waals surface area contributed by atoms with Crippen LogP contribution in [0.4, 0.5) is 0 Å². The molecule has 2 nitrogen and oxygen atoms in total.